The number of aromatic hydroxyl groups is 1. The van der Waals surface area contributed by atoms with E-state index in [4.69, 9.17) is 11.1 Å². The summed E-state index contributed by atoms with van der Waals surface area (Å²) in [6.45, 7) is 0.0852. The molecule has 0 spiro atoms. The molecule has 2 aromatic rings. The Hall–Kier alpha value is -3.02. The number of phenols is 1. The molecule has 0 saturated carbocycles. The van der Waals surface area contributed by atoms with Gasteiger partial charge in [0.15, 0.2) is 0 Å². The van der Waals surface area contributed by atoms with Crippen LogP contribution in [0.15, 0.2) is 48.5 Å². The van der Waals surface area contributed by atoms with Crippen LogP contribution in [-0.4, -0.2) is 30.4 Å². The molecule has 0 aliphatic rings. The van der Waals surface area contributed by atoms with Gasteiger partial charge in [0, 0.05) is 18.3 Å². The largest absolute Gasteiger partial charge is 0.506 e. The number of nitrogens with two attached hydrogens (primary N) is 1. The van der Waals surface area contributed by atoms with E-state index in [0.717, 1.165) is 0 Å². The molecule has 0 bridgehead atoms. The highest BCUT2D eigenvalue weighted by Crippen LogP contribution is 2.24. The standard InChI is InChI=1S/C16H18N4O2/c1-20(13-7-2-3-8-14(13)21)10-15(22)19-12-6-4-5-11(9-12)16(17)18/h2-9,21H,10H2,1H3,(H3,17,18)(H,19,22). The Morgan fingerprint density at radius 1 is 1.27 bits per heavy atom. The number of anilines is 2. The van der Waals surface area contributed by atoms with E-state index in [1.807, 2.05) is 0 Å². The maximum absolute atomic E-state index is 12.1. The second kappa shape index (κ2) is 6.62. The van der Waals surface area contributed by atoms with Crippen LogP contribution in [0.5, 0.6) is 5.75 Å². The molecule has 0 aliphatic carbocycles. The maximum atomic E-state index is 12.1. The Morgan fingerprint density at radius 3 is 2.68 bits per heavy atom. The van der Waals surface area contributed by atoms with Gasteiger partial charge in [0.05, 0.1) is 12.2 Å². The summed E-state index contributed by atoms with van der Waals surface area (Å²) in [5.74, 6) is -0.162. The number of hydrogen-bond donors (Lipinski definition) is 4. The van der Waals surface area contributed by atoms with Gasteiger partial charge in [-0.15, -0.1) is 0 Å². The second-order valence-corrected chi connectivity index (χ2v) is 4.89. The van der Waals surface area contributed by atoms with E-state index in [1.165, 1.54) is 0 Å². The lowest BCUT2D eigenvalue weighted by Crippen LogP contribution is -2.30. The summed E-state index contributed by atoms with van der Waals surface area (Å²) < 4.78 is 0. The fourth-order valence-corrected chi connectivity index (χ4v) is 2.05. The summed E-state index contributed by atoms with van der Waals surface area (Å²) in [7, 11) is 1.72. The first-order chi connectivity index (χ1) is 10.5. The molecule has 0 saturated heterocycles. The lowest BCUT2D eigenvalue weighted by molar-refractivity contribution is -0.114. The molecule has 114 valence electrons. The van der Waals surface area contributed by atoms with Gasteiger partial charge in [-0.25, -0.2) is 0 Å². The predicted molar refractivity (Wildman–Crippen MR) is 87.5 cm³/mol. The smallest absolute Gasteiger partial charge is 0.243 e. The molecule has 6 nitrogen and oxygen atoms in total. The molecule has 0 atom stereocenters. The van der Waals surface area contributed by atoms with Gasteiger partial charge in [-0.3, -0.25) is 10.2 Å². The van der Waals surface area contributed by atoms with Crippen LogP contribution in [0.4, 0.5) is 11.4 Å². The third-order valence-corrected chi connectivity index (χ3v) is 3.13. The SMILES string of the molecule is CN(CC(=O)Nc1cccc(C(=N)N)c1)c1ccccc1O. The normalized spacial score (nSPS) is 10.0. The van der Waals surface area contributed by atoms with Crippen LogP contribution in [0.3, 0.4) is 0 Å². The highest BCUT2D eigenvalue weighted by Gasteiger charge is 2.11. The van der Waals surface area contributed by atoms with E-state index in [1.54, 1.807) is 60.5 Å². The number of benzene rings is 2. The van der Waals surface area contributed by atoms with Crippen molar-refractivity contribution in [1.82, 2.24) is 0 Å². The van der Waals surface area contributed by atoms with Crippen molar-refractivity contribution in [2.75, 3.05) is 23.8 Å². The number of nitrogens with one attached hydrogen (secondary N) is 2. The molecular formula is C16H18N4O2. The number of rotatable bonds is 5. The average Bonchev–Trinajstić information content (AvgIpc) is 2.47. The first-order valence-corrected chi connectivity index (χ1v) is 6.71. The van der Waals surface area contributed by atoms with Gasteiger partial charge in [-0.1, -0.05) is 24.3 Å². The lowest BCUT2D eigenvalue weighted by atomic mass is 10.2. The van der Waals surface area contributed by atoms with Gasteiger partial charge in [0.25, 0.3) is 0 Å². The van der Waals surface area contributed by atoms with Crippen LogP contribution in [0.2, 0.25) is 0 Å². The molecule has 0 aromatic heterocycles. The van der Waals surface area contributed by atoms with E-state index in [9.17, 15) is 9.90 Å². The number of carbonyl (C=O) groups excluding carboxylic acids is 1. The lowest BCUT2D eigenvalue weighted by Gasteiger charge is -2.19. The first-order valence-electron chi connectivity index (χ1n) is 6.71. The maximum Gasteiger partial charge on any atom is 0.243 e. The average molecular weight is 298 g/mol. The molecule has 2 aromatic carbocycles. The van der Waals surface area contributed by atoms with E-state index >= 15 is 0 Å². The highest BCUT2D eigenvalue weighted by atomic mass is 16.3. The van der Waals surface area contributed by atoms with Crippen molar-refractivity contribution < 1.29 is 9.90 Å². The Kier molecular flexibility index (Phi) is 4.63. The Balaban J connectivity index is 2.03. The zero-order valence-electron chi connectivity index (χ0n) is 12.2. The summed E-state index contributed by atoms with van der Waals surface area (Å²) in [6, 6.07) is 13.6. The zero-order chi connectivity index (χ0) is 16.1. The molecule has 0 fully saturated rings. The van der Waals surface area contributed by atoms with Crippen molar-refractivity contribution in [2.45, 2.75) is 0 Å². The fourth-order valence-electron chi connectivity index (χ4n) is 2.05. The molecule has 6 heteroatoms. The second-order valence-electron chi connectivity index (χ2n) is 4.89. The molecule has 0 radical (unpaired) electrons. The van der Waals surface area contributed by atoms with Gasteiger partial charge >= 0.3 is 0 Å². The van der Waals surface area contributed by atoms with Crippen LogP contribution in [0.1, 0.15) is 5.56 Å². The van der Waals surface area contributed by atoms with Crippen molar-refractivity contribution in [2.24, 2.45) is 5.73 Å². The van der Waals surface area contributed by atoms with Crippen LogP contribution < -0.4 is 16.0 Å². The third-order valence-electron chi connectivity index (χ3n) is 3.13. The molecule has 5 N–H and O–H groups in total. The number of amides is 1. The van der Waals surface area contributed by atoms with Crippen LogP contribution >= 0.6 is 0 Å². The Bertz CT molecular complexity index is 700. The summed E-state index contributed by atoms with van der Waals surface area (Å²) in [4.78, 5) is 13.7. The molecule has 1 amide bonds. The number of nitrogens with zero attached hydrogens (tertiary/aromatic N) is 1. The summed E-state index contributed by atoms with van der Waals surface area (Å²) in [5.41, 5.74) is 7.12. The van der Waals surface area contributed by atoms with Gasteiger partial charge in [0.2, 0.25) is 5.91 Å². The van der Waals surface area contributed by atoms with E-state index < -0.39 is 0 Å². The number of para-hydroxylation sites is 2. The number of likely N-dealkylation sites (N-methyl/N-ethyl adjacent to an activating group) is 1. The molecular weight excluding hydrogens is 280 g/mol. The minimum Gasteiger partial charge on any atom is -0.506 e. The Labute approximate surface area is 128 Å². The Morgan fingerprint density at radius 2 is 2.00 bits per heavy atom. The van der Waals surface area contributed by atoms with E-state index in [0.29, 0.717) is 16.9 Å². The van der Waals surface area contributed by atoms with Crippen LogP contribution in [0.25, 0.3) is 0 Å². The number of nitrogen functional groups attached to an aromatic ring is 1. The minimum absolute atomic E-state index is 0.0533. The predicted octanol–water partition coefficient (Wildman–Crippen LogP) is 1.75. The molecule has 0 heterocycles. The molecule has 0 aliphatic heterocycles. The topological polar surface area (TPSA) is 102 Å². The first kappa shape index (κ1) is 15.4. The van der Waals surface area contributed by atoms with Crippen LogP contribution in [-0.2, 0) is 4.79 Å². The van der Waals surface area contributed by atoms with Crippen molar-refractivity contribution >= 4 is 23.1 Å². The summed E-state index contributed by atoms with van der Waals surface area (Å²) in [6.07, 6.45) is 0. The molecule has 0 unspecified atom stereocenters. The van der Waals surface area contributed by atoms with Gasteiger partial charge in [-0.2, -0.15) is 0 Å². The fraction of sp³-hybridized carbons (Fsp3) is 0.125. The van der Waals surface area contributed by atoms with Crippen molar-refractivity contribution in [1.29, 1.82) is 5.41 Å². The quantitative estimate of drug-likeness (QED) is 0.499. The number of phenolic OH excluding ortho intramolecular Hbond substituents is 1. The monoisotopic (exact) mass is 298 g/mol. The van der Waals surface area contributed by atoms with E-state index in [2.05, 4.69) is 5.32 Å². The number of amidine groups is 1. The van der Waals surface area contributed by atoms with Crippen molar-refractivity contribution in [3.63, 3.8) is 0 Å². The van der Waals surface area contributed by atoms with Gasteiger partial charge in [-0.05, 0) is 24.3 Å². The third kappa shape index (κ3) is 3.76. The van der Waals surface area contributed by atoms with E-state index in [-0.39, 0.29) is 24.0 Å². The molecule has 2 rings (SSSR count). The minimum atomic E-state index is -0.230. The zero-order valence-corrected chi connectivity index (χ0v) is 12.2. The highest BCUT2D eigenvalue weighted by molar-refractivity contribution is 5.98. The number of hydrogen-bond acceptors (Lipinski definition) is 4. The van der Waals surface area contributed by atoms with Crippen LogP contribution in [0, 0.1) is 5.41 Å². The summed E-state index contributed by atoms with van der Waals surface area (Å²) >= 11 is 0. The van der Waals surface area contributed by atoms with Gasteiger partial charge in [0.1, 0.15) is 11.6 Å². The van der Waals surface area contributed by atoms with Crippen molar-refractivity contribution in [3.8, 4) is 5.75 Å². The molecule has 22 heavy (non-hydrogen) atoms. The van der Waals surface area contributed by atoms with Crippen molar-refractivity contribution in [3.05, 3.63) is 54.1 Å². The van der Waals surface area contributed by atoms with Gasteiger partial charge < -0.3 is 21.1 Å². The summed E-state index contributed by atoms with van der Waals surface area (Å²) in [5, 5.41) is 19.9. The number of carbonyl (C=O) groups is 1.